The van der Waals surface area contributed by atoms with Gasteiger partial charge in [-0.1, -0.05) is 33.8 Å². The first-order valence-electron chi connectivity index (χ1n) is 8.28. The second-order valence-corrected chi connectivity index (χ2v) is 8.41. The fourth-order valence-electron chi connectivity index (χ4n) is 2.59. The molecule has 0 aliphatic carbocycles. The molecular weight excluding hydrogens is 446 g/mol. The van der Waals surface area contributed by atoms with Crippen LogP contribution in [-0.4, -0.2) is 27.5 Å². The molecule has 8 heteroatoms. The van der Waals surface area contributed by atoms with Crippen molar-refractivity contribution in [2.75, 3.05) is 17.3 Å². The van der Waals surface area contributed by atoms with Crippen molar-refractivity contribution in [3.8, 4) is 0 Å². The number of rotatable bonds is 6. The number of nitrogens with zero attached hydrogens (tertiary/aromatic N) is 2. The molecule has 0 saturated carbocycles. The highest BCUT2D eigenvalue weighted by Gasteiger charge is 2.13. The molecule has 140 valence electrons. The van der Waals surface area contributed by atoms with E-state index in [1.807, 2.05) is 43.5 Å². The lowest BCUT2D eigenvalue weighted by Crippen LogP contribution is -2.23. The summed E-state index contributed by atoms with van der Waals surface area (Å²) in [6.07, 6.45) is 1.99. The van der Waals surface area contributed by atoms with E-state index in [9.17, 15) is 9.59 Å². The van der Waals surface area contributed by atoms with Crippen molar-refractivity contribution in [1.29, 1.82) is 0 Å². The average molecular weight is 464 g/mol. The van der Waals surface area contributed by atoms with Gasteiger partial charge in [-0.25, -0.2) is 4.98 Å². The summed E-state index contributed by atoms with van der Waals surface area (Å²) in [5.41, 5.74) is 1.29. The Morgan fingerprint density at radius 3 is 2.81 bits per heavy atom. The van der Waals surface area contributed by atoms with Gasteiger partial charge in [0.15, 0.2) is 5.16 Å². The van der Waals surface area contributed by atoms with E-state index in [2.05, 4.69) is 26.2 Å². The maximum atomic E-state index is 12.7. The Morgan fingerprint density at radius 1 is 1.26 bits per heavy atom. The van der Waals surface area contributed by atoms with E-state index < -0.39 is 0 Å². The van der Waals surface area contributed by atoms with Crippen molar-refractivity contribution in [2.45, 2.75) is 23.5 Å². The summed E-state index contributed by atoms with van der Waals surface area (Å²) in [7, 11) is 0. The smallest absolute Gasteiger partial charge is 0.262 e. The third-order valence-electron chi connectivity index (χ3n) is 3.88. The summed E-state index contributed by atoms with van der Waals surface area (Å²) < 4.78 is 2.44. The molecule has 3 aromatic rings. The minimum atomic E-state index is -0.133. The Kier molecular flexibility index (Phi) is 6.62. The average Bonchev–Trinajstić information content (AvgIpc) is 2.67. The molecule has 0 radical (unpaired) electrons. The van der Waals surface area contributed by atoms with Crippen molar-refractivity contribution < 1.29 is 4.79 Å². The molecule has 0 aliphatic heterocycles. The molecule has 5 nitrogen and oxygen atoms in total. The number of carbonyl (C=O) groups is 1. The van der Waals surface area contributed by atoms with Crippen LogP contribution in [0.15, 0.2) is 61.8 Å². The van der Waals surface area contributed by atoms with E-state index in [1.54, 1.807) is 28.5 Å². The molecule has 1 heterocycles. The van der Waals surface area contributed by atoms with E-state index in [0.29, 0.717) is 22.6 Å². The Morgan fingerprint density at radius 2 is 2.07 bits per heavy atom. The maximum absolute atomic E-state index is 12.7. The largest absolute Gasteiger partial charge is 0.325 e. The number of nitrogens with one attached hydrogen (secondary N) is 1. The fourth-order valence-corrected chi connectivity index (χ4v) is 4.27. The first-order chi connectivity index (χ1) is 13.0. The predicted octanol–water partition coefficient (Wildman–Crippen LogP) is 4.63. The molecule has 1 amide bonds. The van der Waals surface area contributed by atoms with Gasteiger partial charge in [-0.05, 0) is 49.6 Å². The highest BCUT2D eigenvalue weighted by Crippen LogP contribution is 2.22. The number of fused-ring (bicyclic) bond motifs is 1. The van der Waals surface area contributed by atoms with E-state index in [1.165, 1.54) is 11.8 Å². The van der Waals surface area contributed by atoms with Crippen LogP contribution in [0.3, 0.4) is 0 Å². The number of carbonyl (C=O) groups excluding carboxylic acids is 1. The van der Waals surface area contributed by atoms with Gasteiger partial charge < -0.3 is 5.32 Å². The van der Waals surface area contributed by atoms with Crippen molar-refractivity contribution in [1.82, 2.24) is 9.55 Å². The second kappa shape index (κ2) is 8.95. The van der Waals surface area contributed by atoms with Gasteiger partial charge in [0.05, 0.1) is 16.7 Å². The van der Waals surface area contributed by atoms with Gasteiger partial charge in [-0.15, -0.1) is 11.8 Å². The molecule has 0 saturated heterocycles. The van der Waals surface area contributed by atoms with Gasteiger partial charge >= 0.3 is 0 Å². The minimum Gasteiger partial charge on any atom is -0.325 e. The first kappa shape index (κ1) is 20.0. The van der Waals surface area contributed by atoms with Crippen LogP contribution in [0.2, 0.25) is 0 Å². The molecule has 0 fully saturated rings. The highest BCUT2D eigenvalue weighted by atomic mass is 79.9. The predicted molar refractivity (Wildman–Crippen MR) is 117 cm³/mol. The number of hydrogen-bond donors (Lipinski definition) is 1. The molecular formula is C19H18BrN3O2S2. The van der Waals surface area contributed by atoms with E-state index in [4.69, 9.17) is 0 Å². The molecule has 2 aromatic carbocycles. The molecule has 1 aromatic heterocycles. The lowest BCUT2D eigenvalue weighted by Gasteiger charge is -2.11. The standard InChI is InChI=1S/C19H18BrN3O2S2/c1-3-23-18(25)15-9-12(20)7-8-16(15)22-19(23)27-11-17(24)21-13-5-4-6-14(10-13)26-2/h4-10H,3,11H2,1-2H3,(H,21,24). The zero-order chi connectivity index (χ0) is 19.4. The van der Waals surface area contributed by atoms with Crippen LogP contribution >= 0.6 is 39.5 Å². The van der Waals surface area contributed by atoms with Crippen LogP contribution < -0.4 is 10.9 Å². The minimum absolute atomic E-state index is 0.0978. The summed E-state index contributed by atoms with van der Waals surface area (Å²) in [6, 6.07) is 13.1. The summed E-state index contributed by atoms with van der Waals surface area (Å²) in [4.78, 5) is 30.7. The molecule has 0 bridgehead atoms. The van der Waals surface area contributed by atoms with Crippen LogP contribution in [0.25, 0.3) is 10.9 Å². The van der Waals surface area contributed by atoms with Crippen molar-refractivity contribution in [2.24, 2.45) is 0 Å². The van der Waals surface area contributed by atoms with Gasteiger partial charge in [0.1, 0.15) is 0 Å². The Balaban J connectivity index is 1.78. The lowest BCUT2D eigenvalue weighted by atomic mass is 10.2. The van der Waals surface area contributed by atoms with E-state index in [-0.39, 0.29) is 17.2 Å². The monoisotopic (exact) mass is 463 g/mol. The Bertz CT molecular complexity index is 1050. The summed E-state index contributed by atoms with van der Waals surface area (Å²) in [6.45, 7) is 2.39. The zero-order valence-corrected chi connectivity index (χ0v) is 18.1. The quantitative estimate of drug-likeness (QED) is 0.426. The number of halogens is 1. The topological polar surface area (TPSA) is 64.0 Å². The molecule has 0 spiro atoms. The highest BCUT2D eigenvalue weighted by molar-refractivity contribution is 9.10. The van der Waals surface area contributed by atoms with Gasteiger partial charge in [-0.3, -0.25) is 14.2 Å². The molecule has 0 aliphatic rings. The van der Waals surface area contributed by atoms with Crippen LogP contribution in [0, 0.1) is 0 Å². The van der Waals surface area contributed by atoms with E-state index >= 15 is 0 Å². The van der Waals surface area contributed by atoms with E-state index in [0.717, 1.165) is 15.1 Å². The maximum Gasteiger partial charge on any atom is 0.262 e. The zero-order valence-electron chi connectivity index (χ0n) is 14.9. The van der Waals surface area contributed by atoms with Crippen molar-refractivity contribution in [3.63, 3.8) is 0 Å². The number of amides is 1. The van der Waals surface area contributed by atoms with Crippen LogP contribution in [-0.2, 0) is 11.3 Å². The normalized spacial score (nSPS) is 10.9. The van der Waals surface area contributed by atoms with Crippen LogP contribution in [0.1, 0.15) is 6.92 Å². The third-order valence-corrected chi connectivity index (χ3v) is 6.08. The van der Waals surface area contributed by atoms with Gasteiger partial charge in [0, 0.05) is 21.6 Å². The van der Waals surface area contributed by atoms with Gasteiger partial charge in [0.25, 0.3) is 5.56 Å². The SMILES string of the molecule is CCn1c(SCC(=O)Nc2cccc(SC)c2)nc2ccc(Br)cc2c1=O. The van der Waals surface area contributed by atoms with Crippen molar-refractivity contribution in [3.05, 3.63) is 57.3 Å². The lowest BCUT2D eigenvalue weighted by molar-refractivity contribution is -0.113. The summed E-state index contributed by atoms with van der Waals surface area (Å²) in [5.74, 6) is 0.0453. The molecule has 27 heavy (non-hydrogen) atoms. The number of aromatic nitrogens is 2. The van der Waals surface area contributed by atoms with Crippen molar-refractivity contribution >= 4 is 62.0 Å². The number of hydrogen-bond acceptors (Lipinski definition) is 5. The number of thioether (sulfide) groups is 2. The molecule has 0 atom stereocenters. The molecule has 3 rings (SSSR count). The summed E-state index contributed by atoms with van der Waals surface area (Å²) >= 11 is 6.27. The second-order valence-electron chi connectivity index (χ2n) is 5.67. The van der Waals surface area contributed by atoms with Crippen LogP contribution in [0.4, 0.5) is 5.69 Å². The first-order valence-corrected chi connectivity index (χ1v) is 11.3. The number of anilines is 1. The Hall–Kier alpha value is -1.77. The third kappa shape index (κ3) is 4.75. The van der Waals surface area contributed by atoms with Crippen LogP contribution in [0.5, 0.6) is 0 Å². The van der Waals surface area contributed by atoms with Gasteiger partial charge in [-0.2, -0.15) is 0 Å². The molecule has 0 unspecified atom stereocenters. The summed E-state index contributed by atoms with van der Waals surface area (Å²) in [5, 5.41) is 4.00. The number of benzene rings is 2. The fraction of sp³-hybridized carbons (Fsp3) is 0.211. The van der Waals surface area contributed by atoms with Gasteiger partial charge in [0.2, 0.25) is 5.91 Å². The molecule has 1 N–H and O–H groups in total. The Labute approximate surface area is 174 Å².